The number of carbonyl (C=O) groups is 2. The van der Waals surface area contributed by atoms with E-state index in [4.69, 9.17) is 0 Å². The van der Waals surface area contributed by atoms with Gasteiger partial charge in [-0.15, -0.1) is 0 Å². The minimum absolute atomic E-state index is 0.00980. The Morgan fingerprint density at radius 2 is 1.59 bits per heavy atom. The topological polar surface area (TPSA) is 52.7 Å². The second-order valence-electron chi connectivity index (χ2n) is 10.5. The lowest BCUT2D eigenvalue weighted by atomic mass is 9.78. The number of halogens is 1. The minimum Gasteiger partial charge on any atom is -0.378 e. The highest BCUT2D eigenvalue weighted by Gasteiger charge is 2.45. The van der Waals surface area contributed by atoms with E-state index in [0.717, 1.165) is 46.7 Å². The van der Waals surface area contributed by atoms with E-state index in [-0.39, 0.29) is 29.3 Å². The standard InChI is InChI=1S/C31H30FN3O2/c1-34(2)24-15-11-20(12-16-24)30-29-26(17-22(18-28(29)36)19-9-13-23(32)14-10-19)33-25-5-3-4-6-27(25)35(30)31(37)21-7-8-21/h3-6,9-16,21-22,30,33H,7-8,17-18H2,1-2H3. The van der Waals surface area contributed by atoms with E-state index in [1.54, 1.807) is 12.1 Å². The Balaban J connectivity index is 1.52. The van der Waals surface area contributed by atoms with Crippen molar-refractivity contribution < 1.29 is 14.0 Å². The third-order valence-corrected chi connectivity index (χ3v) is 7.72. The molecule has 0 radical (unpaired) electrons. The number of fused-ring (bicyclic) bond motifs is 1. The van der Waals surface area contributed by atoms with Crippen molar-refractivity contribution in [1.29, 1.82) is 0 Å². The maximum atomic E-state index is 14.0. The number of anilines is 3. The number of rotatable bonds is 4. The third-order valence-electron chi connectivity index (χ3n) is 7.72. The summed E-state index contributed by atoms with van der Waals surface area (Å²) >= 11 is 0. The molecule has 2 aliphatic carbocycles. The van der Waals surface area contributed by atoms with Gasteiger partial charge >= 0.3 is 0 Å². The van der Waals surface area contributed by atoms with E-state index in [1.165, 1.54) is 12.1 Å². The van der Waals surface area contributed by atoms with Gasteiger partial charge in [0.2, 0.25) is 5.91 Å². The largest absolute Gasteiger partial charge is 0.378 e. The number of nitrogens with zero attached hydrogens (tertiary/aromatic N) is 2. The van der Waals surface area contributed by atoms with Crippen LogP contribution in [0.3, 0.4) is 0 Å². The van der Waals surface area contributed by atoms with Crippen molar-refractivity contribution in [2.45, 2.75) is 37.6 Å². The Kier molecular flexibility index (Phi) is 5.82. The summed E-state index contributed by atoms with van der Waals surface area (Å²) in [7, 11) is 3.98. The fourth-order valence-electron chi connectivity index (χ4n) is 5.60. The molecule has 37 heavy (non-hydrogen) atoms. The molecule has 2 atom stereocenters. The smallest absolute Gasteiger partial charge is 0.231 e. The maximum Gasteiger partial charge on any atom is 0.231 e. The number of amides is 1. The van der Waals surface area contributed by atoms with Gasteiger partial charge in [-0.2, -0.15) is 0 Å². The molecule has 1 N–H and O–H groups in total. The summed E-state index contributed by atoms with van der Waals surface area (Å²) in [5.74, 6) is -0.273. The Labute approximate surface area is 216 Å². The normalized spacial score (nSPS) is 21.1. The number of hydrogen-bond acceptors (Lipinski definition) is 4. The molecule has 2 unspecified atom stereocenters. The van der Waals surface area contributed by atoms with Gasteiger partial charge in [0.05, 0.1) is 17.4 Å². The first-order chi connectivity index (χ1) is 17.9. The van der Waals surface area contributed by atoms with Gasteiger partial charge in [-0.1, -0.05) is 36.4 Å². The van der Waals surface area contributed by atoms with Crippen molar-refractivity contribution in [2.75, 3.05) is 29.2 Å². The maximum absolute atomic E-state index is 14.0. The lowest BCUT2D eigenvalue weighted by Gasteiger charge is -2.35. The zero-order valence-corrected chi connectivity index (χ0v) is 21.1. The van der Waals surface area contributed by atoms with Crippen molar-refractivity contribution in [3.05, 3.63) is 101 Å². The molecule has 3 aromatic rings. The molecule has 1 aliphatic heterocycles. The number of ketones is 1. The predicted octanol–water partition coefficient (Wildman–Crippen LogP) is 6.20. The molecular weight excluding hydrogens is 465 g/mol. The van der Waals surface area contributed by atoms with Crippen LogP contribution < -0.4 is 15.1 Å². The Morgan fingerprint density at radius 3 is 2.27 bits per heavy atom. The van der Waals surface area contributed by atoms with Gasteiger partial charge in [0.15, 0.2) is 5.78 Å². The van der Waals surface area contributed by atoms with Crippen LogP contribution >= 0.6 is 0 Å². The minimum atomic E-state index is -0.517. The van der Waals surface area contributed by atoms with Crippen LogP contribution in [0.2, 0.25) is 0 Å². The van der Waals surface area contributed by atoms with Gasteiger partial charge in [-0.25, -0.2) is 4.39 Å². The van der Waals surface area contributed by atoms with Crippen LogP contribution in [0.4, 0.5) is 21.5 Å². The highest BCUT2D eigenvalue weighted by molar-refractivity contribution is 6.07. The first kappa shape index (κ1) is 23.5. The van der Waals surface area contributed by atoms with Crippen LogP contribution in [0, 0.1) is 11.7 Å². The molecule has 1 amide bonds. The highest BCUT2D eigenvalue weighted by Crippen LogP contribution is 2.49. The summed E-state index contributed by atoms with van der Waals surface area (Å²) in [4.78, 5) is 31.7. The van der Waals surface area contributed by atoms with E-state index < -0.39 is 6.04 Å². The highest BCUT2D eigenvalue weighted by atomic mass is 19.1. The molecule has 1 heterocycles. The summed E-state index contributed by atoms with van der Waals surface area (Å²) in [6.45, 7) is 0. The average molecular weight is 496 g/mol. The fourth-order valence-corrected chi connectivity index (χ4v) is 5.60. The number of benzene rings is 3. The summed E-state index contributed by atoms with van der Waals surface area (Å²) < 4.78 is 13.6. The number of carbonyl (C=O) groups excluding carboxylic acids is 2. The monoisotopic (exact) mass is 495 g/mol. The molecule has 3 aliphatic rings. The molecule has 0 spiro atoms. The molecule has 3 aromatic carbocycles. The lowest BCUT2D eigenvalue weighted by Crippen LogP contribution is -2.39. The van der Waals surface area contributed by atoms with Crippen molar-refractivity contribution in [3.63, 3.8) is 0 Å². The van der Waals surface area contributed by atoms with Gasteiger partial charge in [-0.05, 0) is 72.7 Å². The number of allylic oxidation sites excluding steroid dienone is 1. The van der Waals surface area contributed by atoms with Crippen molar-refractivity contribution in [3.8, 4) is 0 Å². The van der Waals surface area contributed by atoms with Crippen LogP contribution in [0.15, 0.2) is 84.1 Å². The van der Waals surface area contributed by atoms with E-state index >= 15 is 0 Å². The first-order valence-corrected chi connectivity index (χ1v) is 12.9. The summed E-state index contributed by atoms with van der Waals surface area (Å²) in [6.07, 6.45) is 2.69. The molecule has 0 saturated heterocycles. The van der Waals surface area contributed by atoms with Crippen molar-refractivity contribution >= 4 is 28.8 Å². The van der Waals surface area contributed by atoms with Crippen LogP contribution in [-0.4, -0.2) is 25.8 Å². The van der Waals surface area contributed by atoms with Gasteiger partial charge in [-0.3, -0.25) is 14.5 Å². The van der Waals surface area contributed by atoms with Crippen LogP contribution in [0.25, 0.3) is 0 Å². The summed E-state index contributed by atoms with van der Waals surface area (Å²) in [5, 5.41) is 3.56. The number of nitrogens with one attached hydrogen (secondary N) is 1. The Hall–Kier alpha value is -3.93. The molecule has 5 nitrogen and oxygen atoms in total. The van der Waals surface area contributed by atoms with Gasteiger partial charge in [0.1, 0.15) is 5.82 Å². The zero-order chi connectivity index (χ0) is 25.7. The number of Topliss-reactive ketones (excluding diaryl/α,β-unsaturated/α-hetero) is 1. The van der Waals surface area contributed by atoms with Gasteiger partial charge in [0.25, 0.3) is 0 Å². The Morgan fingerprint density at radius 1 is 0.919 bits per heavy atom. The van der Waals surface area contributed by atoms with E-state index in [0.29, 0.717) is 18.4 Å². The van der Waals surface area contributed by atoms with Gasteiger partial charge < -0.3 is 10.2 Å². The van der Waals surface area contributed by atoms with Crippen molar-refractivity contribution in [2.24, 2.45) is 5.92 Å². The molecule has 1 fully saturated rings. The second-order valence-corrected chi connectivity index (χ2v) is 10.5. The zero-order valence-electron chi connectivity index (χ0n) is 21.1. The average Bonchev–Trinajstić information content (AvgIpc) is 3.75. The molecular formula is C31H30FN3O2. The lowest BCUT2D eigenvalue weighted by molar-refractivity contribution is -0.120. The molecule has 0 bridgehead atoms. The molecule has 6 rings (SSSR count). The molecule has 1 saturated carbocycles. The predicted molar refractivity (Wildman–Crippen MR) is 144 cm³/mol. The van der Waals surface area contributed by atoms with Crippen LogP contribution in [-0.2, 0) is 9.59 Å². The second kappa shape index (κ2) is 9.18. The van der Waals surface area contributed by atoms with Crippen LogP contribution in [0.5, 0.6) is 0 Å². The number of para-hydroxylation sites is 2. The fraction of sp³-hybridized carbons (Fsp3) is 0.290. The summed E-state index contributed by atoms with van der Waals surface area (Å²) in [5.41, 5.74) is 6.02. The van der Waals surface area contributed by atoms with E-state index in [9.17, 15) is 14.0 Å². The molecule has 6 heteroatoms. The quantitative estimate of drug-likeness (QED) is 0.468. The number of hydrogen-bond donors (Lipinski definition) is 1. The van der Waals surface area contributed by atoms with Gasteiger partial charge in [0, 0.05) is 43.4 Å². The van der Waals surface area contributed by atoms with E-state index in [1.807, 2.05) is 72.4 Å². The Bertz CT molecular complexity index is 1390. The van der Waals surface area contributed by atoms with Crippen molar-refractivity contribution in [1.82, 2.24) is 0 Å². The molecule has 188 valence electrons. The SMILES string of the molecule is CN(C)c1ccc(C2C3=C(CC(c4ccc(F)cc4)CC3=O)Nc3ccccc3N2C(=O)C2CC2)cc1. The first-order valence-electron chi connectivity index (χ1n) is 12.9. The summed E-state index contributed by atoms with van der Waals surface area (Å²) in [6, 6.07) is 21.9. The van der Waals surface area contributed by atoms with Crippen LogP contribution in [0.1, 0.15) is 48.8 Å². The molecule has 0 aromatic heterocycles. The van der Waals surface area contributed by atoms with E-state index in [2.05, 4.69) is 5.32 Å². The third kappa shape index (κ3) is 4.31.